The van der Waals surface area contributed by atoms with Gasteiger partial charge in [-0.05, 0) is 43.0 Å². The normalized spacial score (nSPS) is 15.6. The number of nitrogens with zero attached hydrogens (tertiary/aromatic N) is 2. The Labute approximate surface area is 174 Å². The van der Waals surface area contributed by atoms with Gasteiger partial charge in [0.1, 0.15) is 6.23 Å². The van der Waals surface area contributed by atoms with Crippen molar-refractivity contribution in [2.75, 3.05) is 10.6 Å². The van der Waals surface area contributed by atoms with E-state index >= 15 is 0 Å². The van der Waals surface area contributed by atoms with Crippen molar-refractivity contribution in [2.45, 2.75) is 52.2 Å². The molecule has 152 valence electrons. The van der Waals surface area contributed by atoms with Gasteiger partial charge >= 0.3 is 0 Å². The number of carbonyl (C=O) groups is 1. The van der Waals surface area contributed by atoms with Crippen LogP contribution in [0.25, 0.3) is 21.3 Å². The molecule has 29 heavy (non-hydrogen) atoms. The number of nitrogens with one attached hydrogen (secondary N) is 2. The molecule has 1 amide bonds. The second-order valence-corrected chi connectivity index (χ2v) is 8.82. The quantitative estimate of drug-likeness (QED) is 0.501. The standard InChI is InChI=1S/C22H26N4O2S/c1-13-19(25-21(28)9-15-5-3-4-6-15)10-17(12-23-13)16-7-8-18-20(11-16)29-22(26-18)24-14(2)27/h7-8,10-12,15,21,25,28H,3-6,9H2,1-2H3,(H,24,26,27). The molecule has 1 atom stereocenters. The number of aliphatic hydroxyl groups excluding tert-OH is 1. The molecule has 2 heterocycles. The molecule has 1 aliphatic rings. The SMILES string of the molecule is CC(=O)Nc1nc2ccc(-c3cnc(C)c(NC(O)CC4CCCC4)c3)cc2s1. The van der Waals surface area contributed by atoms with Crippen LogP contribution < -0.4 is 10.6 Å². The summed E-state index contributed by atoms with van der Waals surface area (Å²) in [6.45, 7) is 3.42. The Kier molecular flexibility index (Phi) is 5.78. The van der Waals surface area contributed by atoms with Crippen molar-refractivity contribution in [1.29, 1.82) is 0 Å². The zero-order valence-electron chi connectivity index (χ0n) is 16.7. The number of aryl methyl sites for hydroxylation is 1. The number of thiazole rings is 1. The topological polar surface area (TPSA) is 87.1 Å². The summed E-state index contributed by atoms with van der Waals surface area (Å²) in [6.07, 6.45) is 7.05. The first-order chi connectivity index (χ1) is 14.0. The molecule has 0 aliphatic heterocycles. The molecule has 1 saturated carbocycles. The first kappa shape index (κ1) is 19.8. The largest absolute Gasteiger partial charge is 0.374 e. The summed E-state index contributed by atoms with van der Waals surface area (Å²) in [5.74, 6) is 0.486. The summed E-state index contributed by atoms with van der Waals surface area (Å²) in [6, 6.07) is 8.06. The van der Waals surface area contributed by atoms with E-state index in [1.807, 2.05) is 31.3 Å². The van der Waals surface area contributed by atoms with Crippen molar-refractivity contribution in [3.05, 3.63) is 36.2 Å². The average molecular weight is 411 g/mol. The summed E-state index contributed by atoms with van der Waals surface area (Å²) in [5, 5.41) is 17.1. The van der Waals surface area contributed by atoms with Gasteiger partial charge in [-0.2, -0.15) is 0 Å². The highest BCUT2D eigenvalue weighted by molar-refractivity contribution is 7.22. The minimum Gasteiger partial charge on any atom is -0.374 e. The molecule has 0 spiro atoms. The first-order valence-electron chi connectivity index (χ1n) is 10.1. The van der Waals surface area contributed by atoms with Crippen molar-refractivity contribution in [3.8, 4) is 11.1 Å². The van der Waals surface area contributed by atoms with E-state index in [1.165, 1.54) is 43.9 Å². The Bertz CT molecular complexity index is 1030. The van der Waals surface area contributed by atoms with Gasteiger partial charge in [-0.1, -0.05) is 43.1 Å². The van der Waals surface area contributed by atoms with Crippen LogP contribution in [0, 0.1) is 12.8 Å². The second-order valence-electron chi connectivity index (χ2n) is 7.79. The number of aliphatic hydroxyl groups is 1. The molecule has 1 fully saturated rings. The lowest BCUT2D eigenvalue weighted by atomic mass is 10.0. The number of hydrogen-bond acceptors (Lipinski definition) is 6. The zero-order valence-corrected chi connectivity index (χ0v) is 17.6. The van der Waals surface area contributed by atoms with Crippen LogP contribution in [0.5, 0.6) is 0 Å². The highest BCUT2D eigenvalue weighted by atomic mass is 32.1. The first-order valence-corrected chi connectivity index (χ1v) is 10.9. The predicted molar refractivity (Wildman–Crippen MR) is 118 cm³/mol. The van der Waals surface area contributed by atoms with Gasteiger partial charge in [0, 0.05) is 18.7 Å². The Morgan fingerprint density at radius 2 is 2.07 bits per heavy atom. The predicted octanol–water partition coefficient (Wildman–Crippen LogP) is 4.94. The van der Waals surface area contributed by atoms with E-state index in [-0.39, 0.29) is 5.91 Å². The molecule has 7 heteroatoms. The van der Waals surface area contributed by atoms with Crippen LogP contribution in [0.1, 0.15) is 44.7 Å². The third-order valence-corrected chi connectivity index (χ3v) is 6.38. The lowest BCUT2D eigenvalue weighted by molar-refractivity contribution is -0.114. The van der Waals surface area contributed by atoms with Crippen LogP contribution in [0.2, 0.25) is 0 Å². The van der Waals surface area contributed by atoms with Gasteiger partial charge < -0.3 is 15.7 Å². The van der Waals surface area contributed by atoms with Crippen molar-refractivity contribution in [3.63, 3.8) is 0 Å². The van der Waals surface area contributed by atoms with Crippen molar-refractivity contribution < 1.29 is 9.90 Å². The monoisotopic (exact) mass is 410 g/mol. The lowest BCUT2D eigenvalue weighted by Gasteiger charge is -2.19. The van der Waals surface area contributed by atoms with E-state index in [2.05, 4.69) is 26.7 Å². The van der Waals surface area contributed by atoms with Crippen LogP contribution in [0.15, 0.2) is 30.5 Å². The van der Waals surface area contributed by atoms with Crippen LogP contribution in [-0.2, 0) is 4.79 Å². The number of amides is 1. The lowest BCUT2D eigenvalue weighted by Crippen LogP contribution is -2.22. The fourth-order valence-electron chi connectivity index (χ4n) is 3.95. The highest BCUT2D eigenvalue weighted by Crippen LogP contribution is 2.32. The molecule has 1 aromatic carbocycles. The molecular formula is C22H26N4O2S. The minimum absolute atomic E-state index is 0.126. The molecule has 4 rings (SSSR count). The van der Waals surface area contributed by atoms with Gasteiger partial charge in [0.25, 0.3) is 0 Å². The Morgan fingerprint density at radius 1 is 1.28 bits per heavy atom. The van der Waals surface area contributed by atoms with Crippen molar-refractivity contribution in [2.24, 2.45) is 5.92 Å². The number of rotatable bonds is 6. The zero-order chi connectivity index (χ0) is 20.4. The van der Waals surface area contributed by atoms with E-state index < -0.39 is 6.23 Å². The molecule has 0 bridgehead atoms. The van der Waals surface area contributed by atoms with Crippen molar-refractivity contribution >= 4 is 38.3 Å². The molecule has 1 unspecified atom stereocenters. The number of pyridine rings is 1. The van der Waals surface area contributed by atoms with E-state index in [1.54, 1.807) is 0 Å². The maximum atomic E-state index is 11.3. The van der Waals surface area contributed by atoms with Crippen LogP contribution in [0.4, 0.5) is 10.8 Å². The Morgan fingerprint density at radius 3 is 2.83 bits per heavy atom. The molecule has 3 N–H and O–H groups in total. The summed E-state index contributed by atoms with van der Waals surface area (Å²) < 4.78 is 1.00. The number of carbonyl (C=O) groups excluding carboxylic acids is 1. The van der Waals surface area contributed by atoms with Crippen LogP contribution in [-0.4, -0.2) is 27.2 Å². The molecule has 1 aliphatic carbocycles. The third kappa shape index (κ3) is 4.74. The van der Waals surface area contributed by atoms with Gasteiger partial charge in [-0.15, -0.1) is 0 Å². The van der Waals surface area contributed by atoms with Gasteiger partial charge in [0.15, 0.2) is 5.13 Å². The van der Waals surface area contributed by atoms with E-state index in [4.69, 9.17) is 0 Å². The molecular weight excluding hydrogens is 384 g/mol. The molecule has 2 aromatic heterocycles. The van der Waals surface area contributed by atoms with E-state index in [0.717, 1.165) is 39.1 Å². The van der Waals surface area contributed by atoms with Crippen LogP contribution >= 0.6 is 11.3 Å². The minimum atomic E-state index is -0.557. The molecule has 0 saturated heterocycles. The maximum Gasteiger partial charge on any atom is 0.223 e. The summed E-state index contributed by atoms with van der Waals surface area (Å²) in [7, 11) is 0. The Balaban J connectivity index is 1.55. The summed E-state index contributed by atoms with van der Waals surface area (Å²) in [4.78, 5) is 20.2. The smallest absolute Gasteiger partial charge is 0.223 e. The van der Waals surface area contributed by atoms with E-state index in [9.17, 15) is 9.90 Å². The summed E-state index contributed by atoms with van der Waals surface area (Å²) in [5.41, 5.74) is 4.58. The number of benzene rings is 1. The van der Waals surface area contributed by atoms with Crippen molar-refractivity contribution in [1.82, 2.24) is 9.97 Å². The number of hydrogen-bond donors (Lipinski definition) is 3. The second kappa shape index (κ2) is 8.47. The van der Waals surface area contributed by atoms with Gasteiger partial charge in [0.05, 0.1) is 21.6 Å². The van der Waals surface area contributed by atoms with Crippen LogP contribution in [0.3, 0.4) is 0 Å². The van der Waals surface area contributed by atoms with Gasteiger partial charge in [-0.25, -0.2) is 4.98 Å². The number of anilines is 2. The fraction of sp³-hybridized carbons (Fsp3) is 0.409. The fourth-order valence-corrected chi connectivity index (χ4v) is 4.90. The van der Waals surface area contributed by atoms with Gasteiger partial charge in [0.2, 0.25) is 5.91 Å². The average Bonchev–Trinajstić information content (AvgIpc) is 3.31. The highest BCUT2D eigenvalue weighted by Gasteiger charge is 2.19. The van der Waals surface area contributed by atoms with Gasteiger partial charge in [-0.3, -0.25) is 9.78 Å². The third-order valence-electron chi connectivity index (χ3n) is 5.45. The Hall–Kier alpha value is -2.51. The molecule has 0 radical (unpaired) electrons. The molecule has 3 aromatic rings. The molecule has 6 nitrogen and oxygen atoms in total. The number of aromatic nitrogens is 2. The van der Waals surface area contributed by atoms with E-state index in [0.29, 0.717) is 11.0 Å². The number of fused-ring (bicyclic) bond motifs is 1. The maximum absolute atomic E-state index is 11.3. The summed E-state index contributed by atoms with van der Waals surface area (Å²) >= 11 is 1.45.